The molecule has 142 valence electrons. The van der Waals surface area contributed by atoms with Gasteiger partial charge in [-0.15, -0.1) is 0 Å². The molecule has 0 amide bonds. The number of halogens is 1. The molecule has 0 radical (unpaired) electrons. The normalized spacial score (nSPS) is 11.7. The van der Waals surface area contributed by atoms with Crippen LogP contribution in [0.3, 0.4) is 0 Å². The highest BCUT2D eigenvalue weighted by Gasteiger charge is 2.25. The Morgan fingerprint density at radius 2 is 2.00 bits per heavy atom. The highest BCUT2D eigenvalue weighted by molar-refractivity contribution is 7.90. The van der Waals surface area contributed by atoms with Gasteiger partial charge in [0, 0.05) is 42.0 Å². The van der Waals surface area contributed by atoms with Gasteiger partial charge in [0.2, 0.25) is 0 Å². The minimum atomic E-state index is -3.71. The summed E-state index contributed by atoms with van der Waals surface area (Å²) in [4.78, 5) is 10.5. The van der Waals surface area contributed by atoms with Crippen LogP contribution in [0.5, 0.6) is 0 Å². The third-order valence-corrected chi connectivity index (χ3v) is 5.69. The Labute approximate surface area is 161 Å². The van der Waals surface area contributed by atoms with Gasteiger partial charge in [0.15, 0.2) is 9.84 Å². The number of rotatable bonds is 6. The number of benzene rings is 2. The van der Waals surface area contributed by atoms with Crippen LogP contribution in [0.1, 0.15) is 5.56 Å². The number of hydrogen-bond acceptors (Lipinski definition) is 5. The molecule has 0 spiro atoms. The van der Waals surface area contributed by atoms with E-state index in [4.69, 9.17) is 11.6 Å². The van der Waals surface area contributed by atoms with Gasteiger partial charge < -0.3 is 9.88 Å². The molecule has 27 heavy (non-hydrogen) atoms. The molecule has 3 aromatic rings. The Morgan fingerprint density at radius 3 is 2.67 bits per heavy atom. The van der Waals surface area contributed by atoms with Crippen LogP contribution in [0.15, 0.2) is 47.5 Å². The topological polar surface area (TPSA) is 94.2 Å². The van der Waals surface area contributed by atoms with Crippen molar-refractivity contribution in [1.82, 2.24) is 4.57 Å². The summed E-state index contributed by atoms with van der Waals surface area (Å²) in [7, 11) is -1.78. The number of aromatic nitrogens is 1. The molecule has 0 saturated carbocycles. The predicted molar refractivity (Wildman–Crippen MR) is 106 cm³/mol. The molecule has 3 rings (SSSR count). The Balaban J connectivity index is 1.85. The molecule has 0 fully saturated rings. The fourth-order valence-electron chi connectivity index (χ4n) is 3.12. The first-order chi connectivity index (χ1) is 12.7. The SMILES string of the molecule is Cn1cc(CCNc2cccc(S(C)(=O)=O)c2[N+](=O)[O-])c2ccc(Cl)cc21. The molecule has 1 aromatic heterocycles. The third-order valence-electron chi connectivity index (χ3n) is 4.33. The van der Waals surface area contributed by atoms with Crippen LogP contribution in [-0.2, 0) is 23.3 Å². The molecule has 0 atom stereocenters. The Kier molecular flexibility index (Phi) is 5.12. The highest BCUT2D eigenvalue weighted by atomic mass is 35.5. The van der Waals surface area contributed by atoms with Crippen LogP contribution in [-0.4, -0.2) is 30.7 Å². The Bertz CT molecular complexity index is 1140. The van der Waals surface area contributed by atoms with Gasteiger partial charge in [-0.3, -0.25) is 10.1 Å². The number of hydrogen-bond donors (Lipinski definition) is 1. The van der Waals surface area contributed by atoms with Crippen molar-refractivity contribution in [3.8, 4) is 0 Å². The van der Waals surface area contributed by atoms with Crippen LogP contribution in [0.2, 0.25) is 5.02 Å². The molecule has 0 aliphatic heterocycles. The van der Waals surface area contributed by atoms with Crippen molar-refractivity contribution in [3.63, 3.8) is 0 Å². The number of nitrogens with zero attached hydrogens (tertiary/aromatic N) is 2. The lowest BCUT2D eigenvalue weighted by atomic mass is 10.1. The zero-order chi connectivity index (χ0) is 19.8. The third kappa shape index (κ3) is 3.91. The highest BCUT2D eigenvalue weighted by Crippen LogP contribution is 2.32. The second-order valence-corrected chi connectivity index (χ2v) is 8.71. The fraction of sp³-hybridized carbons (Fsp3) is 0.222. The van der Waals surface area contributed by atoms with Gasteiger partial charge in [-0.05, 0) is 36.2 Å². The second kappa shape index (κ2) is 7.21. The van der Waals surface area contributed by atoms with Gasteiger partial charge in [-0.1, -0.05) is 23.7 Å². The first kappa shape index (κ1) is 19.2. The summed E-state index contributed by atoms with van der Waals surface area (Å²) in [5, 5.41) is 16.1. The lowest BCUT2D eigenvalue weighted by molar-refractivity contribution is -0.386. The van der Waals surface area contributed by atoms with Crippen LogP contribution in [0.4, 0.5) is 11.4 Å². The summed E-state index contributed by atoms with van der Waals surface area (Å²) < 4.78 is 25.6. The molecule has 0 bridgehead atoms. The van der Waals surface area contributed by atoms with Crippen LogP contribution < -0.4 is 5.32 Å². The minimum Gasteiger partial charge on any atom is -0.379 e. The summed E-state index contributed by atoms with van der Waals surface area (Å²) in [6, 6.07) is 9.89. The Morgan fingerprint density at radius 1 is 1.26 bits per heavy atom. The monoisotopic (exact) mass is 407 g/mol. The maximum atomic E-state index is 11.8. The molecule has 1 heterocycles. The number of aryl methyl sites for hydroxylation is 1. The minimum absolute atomic E-state index is 0.186. The number of nitrogens with one attached hydrogen (secondary N) is 1. The summed E-state index contributed by atoms with van der Waals surface area (Å²) in [6.07, 6.45) is 3.56. The zero-order valence-corrected chi connectivity index (χ0v) is 16.3. The van der Waals surface area contributed by atoms with E-state index >= 15 is 0 Å². The van der Waals surface area contributed by atoms with Crippen molar-refractivity contribution in [2.75, 3.05) is 18.1 Å². The number of anilines is 1. The van der Waals surface area contributed by atoms with Crippen molar-refractivity contribution in [2.24, 2.45) is 7.05 Å². The molecule has 2 aromatic carbocycles. The van der Waals surface area contributed by atoms with E-state index in [-0.39, 0.29) is 10.6 Å². The quantitative estimate of drug-likeness (QED) is 0.495. The molecule has 7 nitrogen and oxygen atoms in total. The fourth-order valence-corrected chi connectivity index (χ4v) is 4.15. The van der Waals surface area contributed by atoms with Gasteiger partial charge >= 0.3 is 5.69 Å². The number of nitro groups is 1. The van der Waals surface area contributed by atoms with Gasteiger partial charge in [-0.25, -0.2) is 8.42 Å². The maximum Gasteiger partial charge on any atom is 0.310 e. The summed E-state index contributed by atoms with van der Waals surface area (Å²) >= 11 is 6.04. The summed E-state index contributed by atoms with van der Waals surface area (Å²) in [6.45, 7) is 0.412. The maximum absolute atomic E-state index is 11.8. The molecule has 0 saturated heterocycles. The number of nitro benzene ring substituents is 1. The van der Waals surface area contributed by atoms with E-state index in [0.29, 0.717) is 18.0 Å². The second-order valence-electron chi connectivity index (χ2n) is 6.29. The molecular formula is C18H18ClN3O4S. The molecule has 0 aliphatic carbocycles. The van der Waals surface area contributed by atoms with E-state index in [2.05, 4.69) is 5.32 Å². The predicted octanol–water partition coefficient (Wildman–Crippen LogP) is 3.80. The van der Waals surface area contributed by atoms with Gasteiger partial charge in [0.05, 0.1) is 4.92 Å². The standard InChI is InChI=1S/C18H18ClN3O4S/c1-21-11-12(14-7-6-13(19)10-16(14)21)8-9-20-15-4-3-5-17(27(2,25)26)18(15)22(23)24/h3-7,10-11,20H,8-9H2,1-2H3. The van der Waals surface area contributed by atoms with Crippen molar-refractivity contribution < 1.29 is 13.3 Å². The van der Waals surface area contributed by atoms with E-state index < -0.39 is 20.4 Å². The van der Waals surface area contributed by atoms with E-state index in [1.54, 1.807) is 0 Å². The first-order valence-corrected chi connectivity index (χ1v) is 10.4. The number of para-hydroxylation sites is 1. The zero-order valence-electron chi connectivity index (χ0n) is 14.8. The van der Waals surface area contributed by atoms with E-state index in [9.17, 15) is 18.5 Å². The lowest BCUT2D eigenvalue weighted by Crippen LogP contribution is -2.10. The van der Waals surface area contributed by atoms with Crippen molar-refractivity contribution in [3.05, 3.63) is 63.3 Å². The molecular weight excluding hydrogens is 390 g/mol. The van der Waals surface area contributed by atoms with Crippen LogP contribution >= 0.6 is 11.6 Å². The number of sulfone groups is 1. The lowest BCUT2D eigenvalue weighted by Gasteiger charge is -2.09. The van der Waals surface area contributed by atoms with Crippen molar-refractivity contribution in [2.45, 2.75) is 11.3 Å². The van der Waals surface area contributed by atoms with Gasteiger partial charge in [0.25, 0.3) is 0 Å². The van der Waals surface area contributed by atoms with Crippen molar-refractivity contribution >= 4 is 43.7 Å². The summed E-state index contributed by atoms with van der Waals surface area (Å²) in [5.41, 5.74) is 1.83. The van der Waals surface area contributed by atoms with E-state index in [0.717, 1.165) is 22.7 Å². The average Bonchev–Trinajstić information content (AvgIpc) is 2.89. The van der Waals surface area contributed by atoms with E-state index in [1.807, 2.05) is 36.0 Å². The van der Waals surface area contributed by atoms with Crippen molar-refractivity contribution in [1.29, 1.82) is 0 Å². The first-order valence-electron chi connectivity index (χ1n) is 8.13. The van der Waals surface area contributed by atoms with Crippen LogP contribution in [0.25, 0.3) is 10.9 Å². The van der Waals surface area contributed by atoms with Crippen LogP contribution in [0, 0.1) is 10.1 Å². The molecule has 1 N–H and O–H groups in total. The van der Waals surface area contributed by atoms with E-state index in [1.165, 1.54) is 18.2 Å². The average molecular weight is 408 g/mol. The molecule has 0 unspecified atom stereocenters. The number of fused-ring (bicyclic) bond motifs is 1. The molecule has 0 aliphatic rings. The largest absolute Gasteiger partial charge is 0.379 e. The Hall–Kier alpha value is -2.58. The summed E-state index contributed by atoms with van der Waals surface area (Å²) in [5.74, 6) is 0. The van der Waals surface area contributed by atoms with Gasteiger partial charge in [-0.2, -0.15) is 0 Å². The molecule has 9 heteroatoms. The smallest absolute Gasteiger partial charge is 0.310 e. The van der Waals surface area contributed by atoms with Gasteiger partial charge in [0.1, 0.15) is 10.6 Å².